The fourth-order valence-corrected chi connectivity index (χ4v) is 9.57. The van der Waals surface area contributed by atoms with Crippen molar-refractivity contribution in [3.05, 3.63) is 273 Å². The Morgan fingerprint density at radius 3 is 1.01 bits per heavy atom. The van der Waals surface area contributed by atoms with E-state index in [0.29, 0.717) is 0 Å². The second-order valence-electron chi connectivity index (χ2n) is 17.0. The first-order valence-electron chi connectivity index (χ1n) is 23.2. The molecule has 0 aromatic heterocycles. The van der Waals surface area contributed by atoms with E-state index in [0.717, 1.165) is 95.7 Å². The Labute approximate surface area is 401 Å². The monoisotopic (exact) mass is 887 g/mol. The maximum atomic E-state index is 6.89. The van der Waals surface area contributed by atoms with Gasteiger partial charge >= 0.3 is 0 Å². The van der Waals surface area contributed by atoms with Gasteiger partial charge in [0.15, 0.2) is 0 Å². The summed E-state index contributed by atoms with van der Waals surface area (Å²) in [6, 6.07) is 95.0. The molecule has 0 saturated carbocycles. The molecule has 0 atom stereocenters. The normalized spacial score (nSPS) is 11.2. The Hall–Kier alpha value is -9.32. The van der Waals surface area contributed by atoms with Crippen LogP contribution in [-0.2, 0) is 0 Å². The Kier molecular flexibility index (Phi) is 10.8. The van der Waals surface area contributed by atoms with E-state index < -0.39 is 0 Å². The number of anilines is 9. The Morgan fingerprint density at radius 1 is 0.232 bits per heavy atom. The summed E-state index contributed by atoms with van der Waals surface area (Å²) in [6.45, 7) is 0. The van der Waals surface area contributed by atoms with Crippen LogP contribution in [0.3, 0.4) is 0 Å². The SMILES string of the molecule is c1ccc(N(c2ccccc2)c2cccc(Oc3cccc(N(c4ccccc4)c4ccc5ccc6c(Oc7cccc(N(c8ccccc8)c8ccccc8)c7)ccc7ccc4c5c76)c3)c2)cc1. The van der Waals surface area contributed by atoms with Gasteiger partial charge in [0.1, 0.15) is 23.0 Å². The molecule has 0 radical (unpaired) electrons. The molecule has 12 rings (SSSR count). The second kappa shape index (κ2) is 18.2. The smallest absolute Gasteiger partial charge is 0.135 e. The number of nitrogens with zero attached hydrogens (tertiary/aromatic N) is 3. The summed E-state index contributed by atoms with van der Waals surface area (Å²) in [5.74, 6) is 3.03. The fourth-order valence-electron chi connectivity index (χ4n) is 9.57. The van der Waals surface area contributed by atoms with Crippen LogP contribution in [0.1, 0.15) is 0 Å². The fraction of sp³-hybridized carbons (Fsp3) is 0. The average molecular weight is 888 g/mol. The lowest BCUT2D eigenvalue weighted by Gasteiger charge is -2.28. The Morgan fingerprint density at radius 2 is 0.565 bits per heavy atom. The van der Waals surface area contributed by atoms with E-state index in [4.69, 9.17) is 9.47 Å². The van der Waals surface area contributed by atoms with Gasteiger partial charge in [-0.15, -0.1) is 0 Å². The summed E-state index contributed by atoms with van der Waals surface area (Å²) in [5.41, 5.74) is 9.36. The lowest BCUT2D eigenvalue weighted by molar-refractivity contribution is 0.483. The Bertz CT molecular complexity index is 3600. The molecule has 0 aliphatic heterocycles. The van der Waals surface area contributed by atoms with Gasteiger partial charge in [0, 0.05) is 79.9 Å². The molecule has 5 heteroatoms. The van der Waals surface area contributed by atoms with E-state index in [2.05, 4.69) is 239 Å². The molecule has 0 unspecified atom stereocenters. The predicted molar refractivity (Wildman–Crippen MR) is 287 cm³/mol. The largest absolute Gasteiger partial charge is 0.457 e. The summed E-state index contributed by atoms with van der Waals surface area (Å²) >= 11 is 0. The number of hydrogen-bond donors (Lipinski definition) is 0. The van der Waals surface area contributed by atoms with Crippen molar-refractivity contribution in [1.82, 2.24) is 0 Å². The van der Waals surface area contributed by atoms with Gasteiger partial charge in [0.2, 0.25) is 0 Å². The number of ether oxygens (including phenoxy) is 2. The average Bonchev–Trinajstić information content (AvgIpc) is 3.41. The molecule has 0 aliphatic carbocycles. The molecule has 0 saturated heterocycles. The van der Waals surface area contributed by atoms with E-state index in [-0.39, 0.29) is 0 Å². The van der Waals surface area contributed by atoms with Crippen molar-refractivity contribution in [2.75, 3.05) is 14.7 Å². The maximum Gasteiger partial charge on any atom is 0.135 e. The summed E-state index contributed by atoms with van der Waals surface area (Å²) in [7, 11) is 0. The molecule has 5 nitrogen and oxygen atoms in total. The van der Waals surface area contributed by atoms with E-state index in [9.17, 15) is 0 Å². The third-order valence-electron chi connectivity index (χ3n) is 12.6. The van der Waals surface area contributed by atoms with Gasteiger partial charge in [-0.25, -0.2) is 0 Å². The van der Waals surface area contributed by atoms with Crippen molar-refractivity contribution < 1.29 is 9.47 Å². The summed E-state index contributed by atoms with van der Waals surface area (Å²) in [6.07, 6.45) is 0. The van der Waals surface area contributed by atoms with Gasteiger partial charge in [0.25, 0.3) is 0 Å². The van der Waals surface area contributed by atoms with E-state index >= 15 is 0 Å². The molecule has 0 bridgehead atoms. The van der Waals surface area contributed by atoms with Crippen molar-refractivity contribution >= 4 is 83.5 Å². The Balaban J connectivity index is 0.912. The zero-order valence-corrected chi connectivity index (χ0v) is 37.6. The number of benzene rings is 12. The van der Waals surface area contributed by atoms with Crippen LogP contribution in [0.25, 0.3) is 32.3 Å². The quantitative estimate of drug-likeness (QED) is 0.108. The first-order valence-corrected chi connectivity index (χ1v) is 23.2. The van der Waals surface area contributed by atoms with Crippen LogP contribution in [0, 0.1) is 0 Å². The van der Waals surface area contributed by atoms with Crippen molar-refractivity contribution in [2.45, 2.75) is 0 Å². The molecular weight excluding hydrogens is 843 g/mol. The highest BCUT2D eigenvalue weighted by Gasteiger charge is 2.21. The summed E-state index contributed by atoms with van der Waals surface area (Å²) in [5, 5.41) is 6.86. The van der Waals surface area contributed by atoms with Gasteiger partial charge in [-0.2, -0.15) is 0 Å². The molecule has 0 heterocycles. The highest BCUT2D eigenvalue weighted by molar-refractivity contribution is 6.26. The van der Waals surface area contributed by atoms with Crippen molar-refractivity contribution in [3.8, 4) is 23.0 Å². The molecule has 69 heavy (non-hydrogen) atoms. The molecule has 0 spiro atoms. The molecular formula is C64H45N3O2. The van der Waals surface area contributed by atoms with Gasteiger partial charge in [-0.3, -0.25) is 0 Å². The zero-order chi connectivity index (χ0) is 45.9. The van der Waals surface area contributed by atoms with Gasteiger partial charge in [-0.1, -0.05) is 140 Å². The highest BCUT2D eigenvalue weighted by atomic mass is 16.5. The summed E-state index contributed by atoms with van der Waals surface area (Å²) < 4.78 is 13.6. The molecule has 0 aliphatic rings. The zero-order valence-electron chi connectivity index (χ0n) is 37.6. The van der Waals surface area contributed by atoms with E-state index in [1.807, 2.05) is 48.5 Å². The van der Waals surface area contributed by atoms with Crippen LogP contribution < -0.4 is 24.2 Å². The van der Waals surface area contributed by atoms with Crippen LogP contribution >= 0.6 is 0 Å². The van der Waals surface area contributed by atoms with Crippen molar-refractivity contribution in [2.24, 2.45) is 0 Å². The number of rotatable bonds is 13. The van der Waals surface area contributed by atoms with Gasteiger partial charge in [0.05, 0.1) is 5.69 Å². The van der Waals surface area contributed by atoms with Crippen LogP contribution in [0.15, 0.2) is 273 Å². The molecule has 12 aromatic carbocycles. The lowest BCUT2D eigenvalue weighted by atomic mass is 9.92. The molecule has 12 aromatic rings. The van der Waals surface area contributed by atoms with Gasteiger partial charge < -0.3 is 24.2 Å². The minimum Gasteiger partial charge on any atom is -0.457 e. The first-order chi connectivity index (χ1) is 34.2. The van der Waals surface area contributed by atoms with Crippen LogP contribution in [0.5, 0.6) is 23.0 Å². The first kappa shape index (κ1) is 41.1. The standard InChI is InChI=1S/C64H45N3O2/c1-6-19-48(20-7-1)65(49-21-8-2-9-22-49)53-29-16-32-56(43-53)68-57-33-18-31-55(45-57)67(52-27-14-5-15-28-52)61-41-37-46-36-40-60-62(42-38-47-35-39-59(61)63(46)64(47)60)69-58-34-17-30-54(44-58)66(50-23-10-3-11-24-50)51-25-12-4-13-26-51/h1-45H. The third-order valence-corrected chi connectivity index (χ3v) is 12.6. The molecule has 0 amide bonds. The third kappa shape index (κ3) is 8.09. The van der Waals surface area contributed by atoms with Crippen LogP contribution in [0.4, 0.5) is 51.2 Å². The number of hydrogen-bond acceptors (Lipinski definition) is 5. The lowest BCUT2D eigenvalue weighted by Crippen LogP contribution is -2.10. The minimum absolute atomic E-state index is 0.732. The molecule has 0 N–H and O–H groups in total. The molecule has 328 valence electrons. The highest BCUT2D eigenvalue weighted by Crippen LogP contribution is 2.47. The molecule has 0 fully saturated rings. The minimum atomic E-state index is 0.732. The predicted octanol–water partition coefficient (Wildman–Crippen LogP) is 18.6. The second-order valence-corrected chi connectivity index (χ2v) is 17.0. The van der Waals surface area contributed by atoms with Crippen molar-refractivity contribution in [1.29, 1.82) is 0 Å². The van der Waals surface area contributed by atoms with E-state index in [1.54, 1.807) is 0 Å². The van der Waals surface area contributed by atoms with Crippen molar-refractivity contribution in [3.63, 3.8) is 0 Å². The van der Waals surface area contributed by atoms with Crippen LogP contribution in [-0.4, -0.2) is 0 Å². The number of para-hydroxylation sites is 5. The van der Waals surface area contributed by atoms with Gasteiger partial charge in [-0.05, 0) is 131 Å². The topological polar surface area (TPSA) is 28.2 Å². The maximum absolute atomic E-state index is 6.89. The van der Waals surface area contributed by atoms with Crippen LogP contribution in [0.2, 0.25) is 0 Å². The summed E-state index contributed by atoms with van der Waals surface area (Å²) in [4.78, 5) is 6.83. The van der Waals surface area contributed by atoms with E-state index in [1.165, 1.54) is 10.8 Å².